The first kappa shape index (κ1) is 10.7. The van der Waals surface area contributed by atoms with Crippen LogP contribution in [-0.2, 0) is 0 Å². The SMILES string of the molecule is CNC1=CC=C(c2ccc(C)cn2)CC=C1. The minimum Gasteiger partial charge on any atom is -0.388 e. The Labute approximate surface area is 96.4 Å². The maximum absolute atomic E-state index is 4.44. The number of likely N-dealkylation sites (N-methyl/N-ethyl adjacent to an activating group) is 1. The zero-order valence-electron chi connectivity index (χ0n) is 9.70. The molecule has 1 aromatic rings. The molecule has 2 heteroatoms. The van der Waals surface area contributed by atoms with Crippen molar-refractivity contribution in [2.45, 2.75) is 13.3 Å². The second-order valence-corrected chi connectivity index (χ2v) is 3.89. The van der Waals surface area contributed by atoms with Crippen LogP contribution in [0.15, 0.2) is 48.3 Å². The highest BCUT2D eigenvalue weighted by molar-refractivity contribution is 5.66. The Morgan fingerprint density at radius 2 is 2.12 bits per heavy atom. The van der Waals surface area contributed by atoms with Gasteiger partial charge in [-0.3, -0.25) is 4.98 Å². The molecule has 0 aromatic carbocycles. The van der Waals surface area contributed by atoms with E-state index in [4.69, 9.17) is 0 Å². The summed E-state index contributed by atoms with van der Waals surface area (Å²) in [7, 11) is 1.93. The number of rotatable bonds is 2. The maximum Gasteiger partial charge on any atom is 0.0664 e. The van der Waals surface area contributed by atoms with Crippen molar-refractivity contribution >= 4 is 5.57 Å². The summed E-state index contributed by atoms with van der Waals surface area (Å²) < 4.78 is 0. The molecule has 0 saturated heterocycles. The molecule has 0 radical (unpaired) electrons. The highest BCUT2D eigenvalue weighted by Gasteiger charge is 2.02. The van der Waals surface area contributed by atoms with Gasteiger partial charge in [0.1, 0.15) is 0 Å². The van der Waals surface area contributed by atoms with Gasteiger partial charge in [-0.2, -0.15) is 0 Å². The highest BCUT2D eigenvalue weighted by Crippen LogP contribution is 2.19. The molecule has 2 nitrogen and oxygen atoms in total. The van der Waals surface area contributed by atoms with Gasteiger partial charge < -0.3 is 5.32 Å². The minimum absolute atomic E-state index is 0.928. The summed E-state index contributed by atoms with van der Waals surface area (Å²) in [5.41, 5.74) is 4.63. The van der Waals surface area contributed by atoms with Gasteiger partial charge in [0.2, 0.25) is 0 Å². The largest absolute Gasteiger partial charge is 0.388 e. The van der Waals surface area contributed by atoms with E-state index in [-0.39, 0.29) is 0 Å². The molecule has 16 heavy (non-hydrogen) atoms. The van der Waals surface area contributed by atoms with Gasteiger partial charge in [-0.15, -0.1) is 0 Å². The van der Waals surface area contributed by atoms with E-state index in [1.165, 1.54) is 11.1 Å². The Balaban J connectivity index is 2.28. The van der Waals surface area contributed by atoms with Gasteiger partial charge in [-0.25, -0.2) is 0 Å². The summed E-state index contributed by atoms with van der Waals surface area (Å²) in [5.74, 6) is 0. The zero-order valence-corrected chi connectivity index (χ0v) is 9.70. The minimum atomic E-state index is 0.928. The zero-order chi connectivity index (χ0) is 11.4. The highest BCUT2D eigenvalue weighted by atomic mass is 14.8. The van der Waals surface area contributed by atoms with Crippen LogP contribution < -0.4 is 5.32 Å². The Morgan fingerprint density at radius 1 is 1.25 bits per heavy atom. The van der Waals surface area contributed by atoms with Crippen molar-refractivity contribution in [1.82, 2.24) is 10.3 Å². The fourth-order valence-electron chi connectivity index (χ4n) is 1.64. The average molecular weight is 212 g/mol. The Bertz CT molecular complexity index is 450. The smallest absolute Gasteiger partial charge is 0.0664 e. The van der Waals surface area contributed by atoms with Crippen LogP contribution in [-0.4, -0.2) is 12.0 Å². The molecule has 0 fully saturated rings. The Hall–Kier alpha value is -1.83. The molecule has 1 aliphatic carbocycles. The lowest BCUT2D eigenvalue weighted by Crippen LogP contribution is -2.01. The summed E-state index contributed by atoms with van der Waals surface area (Å²) in [6, 6.07) is 4.17. The Morgan fingerprint density at radius 3 is 2.81 bits per heavy atom. The van der Waals surface area contributed by atoms with Crippen LogP contribution in [0.3, 0.4) is 0 Å². The van der Waals surface area contributed by atoms with E-state index in [1.807, 2.05) is 13.2 Å². The van der Waals surface area contributed by atoms with E-state index in [2.05, 4.69) is 53.7 Å². The summed E-state index contributed by atoms with van der Waals surface area (Å²) in [6.07, 6.45) is 11.3. The predicted molar refractivity (Wildman–Crippen MR) is 67.9 cm³/mol. The van der Waals surface area contributed by atoms with Gasteiger partial charge in [0, 0.05) is 18.9 Å². The van der Waals surface area contributed by atoms with Crippen LogP contribution in [0.25, 0.3) is 5.57 Å². The molecule has 1 aromatic heterocycles. The molecule has 82 valence electrons. The molecule has 0 unspecified atom stereocenters. The third kappa shape index (κ3) is 2.40. The van der Waals surface area contributed by atoms with E-state index < -0.39 is 0 Å². The molecule has 0 bridgehead atoms. The van der Waals surface area contributed by atoms with Crippen LogP contribution in [0, 0.1) is 6.92 Å². The number of pyridine rings is 1. The topological polar surface area (TPSA) is 24.9 Å². The average Bonchev–Trinajstić information content (AvgIpc) is 2.55. The lowest BCUT2D eigenvalue weighted by atomic mass is 10.1. The molecule has 0 spiro atoms. The van der Waals surface area contributed by atoms with Crippen molar-refractivity contribution in [2.75, 3.05) is 7.05 Å². The molecule has 0 amide bonds. The number of nitrogens with one attached hydrogen (secondary N) is 1. The van der Waals surface area contributed by atoms with Crippen molar-refractivity contribution in [3.05, 3.63) is 59.6 Å². The number of nitrogens with zero attached hydrogens (tertiary/aromatic N) is 1. The van der Waals surface area contributed by atoms with Gasteiger partial charge >= 0.3 is 0 Å². The van der Waals surface area contributed by atoms with E-state index in [0.29, 0.717) is 0 Å². The number of allylic oxidation sites excluding steroid dienone is 5. The van der Waals surface area contributed by atoms with E-state index in [9.17, 15) is 0 Å². The van der Waals surface area contributed by atoms with Gasteiger partial charge in [-0.1, -0.05) is 18.2 Å². The summed E-state index contributed by atoms with van der Waals surface area (Å²) in [6.45, 7) is 2.05. The van der Waals surface area contributed by atoms with Crippen molar-refractivity contribution in [3.63, 3.8) is 0 Å². The number of hydrogen-bond donors (Lipinski definition) is 1. The molecule has 1 heterocycles. The van der Waals surface area contributed by atoms with E-state index in [0.717, 1.165) is 17.8 Å². The van der Waals surface area contributed by atoms with Crippen molar-refractivity contribution in [2.24, 2.45) is 0 Å². The Kier molecular flexibility index (Phi) is 3.20. The first-order valence-electron chi connectivity index (χ1n) is 5.48. The third-order valence-electron chi connectivity index (χ3n) is 2.63. The normalized spacial score (nSPS) is 15.1. The fraction of sp³-hybridized carbons (Fsp3) is 0.214. The predicted octanol–water partition coefficient (Wildman–Crippen LogP) is 2.84. The third-order valence-corrected chi connectivity index (χ3v) is 2.63. The monoisotopic (exact) mass is 212 g/mol. The second kappa shape index (κ2) is 4.79. The van der Waals surface area contributed by atoms with Crippen LogP contribution in [0.5, 0.6) is 0 Å². The van der Waals surface area contributed by atoms with Crippen molar-refractivity contribution in [1.29, 1.82) is 0 Å². The van der Waals surface area contributed by atoms with E-state index in [1.54, 1.807) is 0 Å². The fourth-order valence-corrected chi connectivity index (χ4v) is 1.64. The maximum atomic E-state index is 4.44. The summed E-state index contributed by atoms with van der Waals surface area (Å²) in [4.78, 5) is 4.44. The molecular formula is C14H16N2. The van der Waals surface area contributed by atoms with Crippen molar-refractivity contribution in [3.8, 4) is 0 Å². The van der Waals surface area contributed by atoms with E-state index >= 15 is 0 Å². The summed E-state index contributed by atoms with van der Waals surface area (Å²) >= 11 is 0. The van der Waals surface area contributed by atoms with Crippen molar-refractivity contribution < 1.29 is 0 Å². The first-order valence-corrected chi connectivity index (χ1v) is 5.48. The molecule has 2 rings (SSSR count). The number of aryl methyl sites for hydroxylation is 1. The van der Waals surface area contributed by atoms with Gasteiger partial charge in [0.15, 0.2) is 0 Å². The van der Waals surface area contributed by atoms with Gasteiger partial charge in [0.05, 0.1) is 5.69 Å². The molecule has 1 aliphatic rings. The van der Waals surface area contributed by atoms with Crippen LogP contribution in [0.1, 0.15) is 17.7 Å². The lowest BCUT2D eigenvalue weighted by Gasteiger charge is -2.02. The van der Waals surface area contributed by atoms with Gasteiger partial charge in [-0.05, 0) is 42.7 Å². The number of aromatic nitrogens is 1. The molecule has 0 aliphatic heterocycles. The first-order chi connectivity index (χ1) is 7.79. The molecule has 1 N–H and O–H groups in total. The van der Waals surface area contributed by atoms with Crippen LogP contribution in [0.4, 0.5) is 0 Å². The lowest BCUT2D eigenvalue weighted by molar-refractivity contribution is 1.03. The summed E-state index contributed by atoms with van der Waals surface area (Å²) in [5, 5.41) is 3.13. The van der Waals surface area contributed by atoms with Crippen LogP contribution in [0.2, 0.25) is 0 Å². The van der Waals surface area contributed by atoms with Crippen LogP contribution >= 0.6 is 0 Å². The quantitative estimate of drug-likeness (QED) is 0.815. The molecule has 0 saturated carbocycles. The number of hydrogen-bond acceptors (Lipinski definition) is 2. The second-order valence-electron chi connectivity index (χ2n) is 3.89. The standard InChI is InChI=1S/C14H16N2/c1-11-6-9-14(16-10-11)12-4-3-5-13(15-2)8-7-12/h3,5-10,15H,4H2,1-2H3. The molecule has 0 atom stereocenters. The molecular weight excluding hydrogens is 196 g/mol. The van der Waals surface area contributed by atoms with Gasteiger partial charge in [0.25, 0.3) is 0 Å².